The van der Waals surface area contributed by atoms with Crippen molar-refractivity contribution in [3.8, 4) is 0 Å². The van der Waals surface area contributed by atoms with E-state index in [4.69, 9.17) is 4.74 Å². The molecule has 1 aliphatic rings. The van der Waals surface area contributed by atoms with Gasteiger partial charge in [-0.15, -0.1) is 0 Å². The summed E-state index contributed by atoms with van der Waals surface area (Å²) in [6.07, 6.45) is 4.03. The second-order valence-corrected chi connectivity index (χ2v) is 7.26. The van der Waals surface area contributed by atoms with E-state index >= 15 is 0 Å². The molecule has 0 amide bonds. The first-order valence-corrected chi connectivity index (χ1v) is 10.2. The van der Waals surface area contributed by atoms with E-state index in [9.17, 15) is 14.3 Å². The summed E-state index contributed by atoms with van der Waals surface area (Å²) in [5.41, 5.74) is 1.28. The molecular formula is C21H24FN7O3. The summed E-state index contributed by atoms with van der Waals surface area (Å²) in [6.45, 7) is 2.63. The highest BCUT2D eigenvalue weighted by Gasteiger charge is 2.17. The van der Waals surface area contributed by atoms with Crippen LogP contribution in [-0.4, -0.2) is 75.1 Å². The molecule has 1 saturated heterocycles. The SMILES string of the molecule is O=C(CN1CCOCC1)n1cc(Nc2ncc(F)c(NC(CO)c3ccccc3)n2)cn1. The summed E-state index contributed by atoms with van der Waals surface area (Å²) in [5.74, 6) is -0.752. The van der Waals surface area contributed by atoms with Gasteiger partial charge in [0.15, 0.2) is 11.6 Å². The predicted octanol–water partition coefficient (Wildman–Crippen LogP) is 1.67. The number of aliphatic hydroxyl groups is 1. The lowest BCUT2D eigenvalue weighted by Crippen LogP contribution is -2.40. The third-order valence-electron chi connectivity index (χ3n) is 5.00. The second-order valence-electron chi connectivity index (χ2n) is 7.26. The Morgan fingerprint density at radius 1 is 1.22 bits per heavy atom. The van der Waals surface area contributed by atoms with Crippen molar-refractivity contribution >= 4 is 23.4 Å². The number of ether oxygens (including phenoxy) is 1. The first kappa shape index (κ1) is 21.8. The van der Waals surface area contributed by atoms with Crippen molar-refractivity contribution < 1.29 is 19.0 Å². The number of aromatic nitrogens is 4. The minimum absolute atomic E-state index is 0.0545. The van der Waals surface area contributed by atoms with Crippen LogP contribution in [0.4, 0.5) is 21.8 Å². The number of carbonyl (C=O) groups excluding carboxylic acids is 1. The number of nitrogens with one attached hydrogen (secondary N) is 2. The minimum Gasteiger partial charge on any atom is -0.394 e. The molecule has 1 fully saturated rings. The Balaban J connectivity index is 1.42. The van der Waals surface area contributed by atoms with Gasteiger partial charge >= 0.3 is 0 Å². The summed E-state index contributed by atoms with van der Waals surface area (Å²) in [6, 6.07) is 8.65. The van der Waals surface area contributed by atoms with Gasteiger partial charge in [0.2, 0.25) is 5.95 Å². The van der Waals surface area contributed by atoms with E-state index in [1.165, 1.54) is 17.1 Å². The molecule has 1 aliphatic heterocycles. The van der Waals surface area contributed by atoms with E-state index in [1.807, 2.05) is 35.2 Å². The molecule has 1 atom stereocenters. The number of halogens is 1. The Morgan fingerprint density at radius 3 is 2.75 bits per heavy atom. The number of aliphatic hydroxyl groups excluding tert-OH is 1. The summed E-state index contributed by atoms with van der Waals surface area (Å²) < 4.78 is 20.8. The number of rotatable bonds is 8. The first-order chi connectivity index (χ1) is 15.6. The standard InChI is InChI=1S/C21H24FN7O3/c22-17-11-23-21(27-20(17)26-18(14-30)15-4-2-1-3-5-15)25-16-10-24-29(12-16)19(31)13-28-6-8-32-9-7-28/h1-5,10-12,18,30H,6-9,13-14H2,(H2,23,25,26,27). The number of anilines is 3. The zero-order valence-electron chi connectivity index (χ0n) is 17.3. The number of hydrogen-bond donors (Lipinski definition) is 3. The van der Waals surface area contributed by atoms with Crippen LogP contribution < -0.4 is 10.6 Å². The van der Waals surface area contributed by atoms with Crippen molar-refractivity contribution in [3.05, 3.63) is 60.3 Å². The van der Waals surface area contributed by atoms with Crippen molar-refractivity contribution in [2.75, 3.05) is 50.1 Å². The quantitative estimate of drug-likeness (QED) is 0.480. The monoisotopic (exact) mass is 441 g/mol. The van der Waals surface area contributed by atoms with E-state index in [2.05, 4.69) is 25.7 Å². The van der Waals surface area contributed by atoms with Gasteiger partial charge in [0.05, 0.1) is 56.7 Å². The third-order valence-corrected chi connectivity index (χ3v) is 5.00. The maximum atomic E-state index is 14.3. The largest absolute Gasteiger partial charge is 0.394 e. The summed E-state index contributed by atoms with van der Waals surface area (Å²) in [5, 5.41) is 19.6. The van der Waals surface area contributed by atoms with Crippen molar-refractivity contribution in [2.24, 2.45) is 0 Å². The molecule has 0 saturated carbocycles. The molecule has 168 valence electrons. The lowest BCUT2D eigenvalue weighted by atomic mass is 10.1. The van der Waals surface area contributed by atoms with Crippen LogP contribution in [0.3, 0.4) is 0 Å². The van der Waals surface area contributed by atoms with Crippen LogP contribution >= 0.6 is 0 Å². The van der Waals surface area contributed by atoms with Gasteiger partial charge < -0.3 is 20.5 Å². The lowest BCUT2D eigenvalue weighted by Gasteiger charge is -2.25. The highest BCUT2D eigenvalue weighted by atomic mass is 19.1. The Bertz CT molecular complexity index is 1040. The average Bonchev–Trinajstić information content (AvgIpc) is 3.29. The van der Waals surface area contributed by atoms with Gasteiger partial charge in [0.1, 0.15) is 0 Å². The summed E-state index contributed by atoms with van der Waals surface area (Å²) in [7, 11) is 0. The molecule has 3 heterocycles. The topological polar surface area (TPSA) is 117 Å². The van der Waals surface area contributed by atoms with E-state index in [0.29, 0.717) is 32.0 Å². The van der Waals surface area contributed by atoms with Gasteiger partial charge in [0.25, 0.3) is 5.91 Å². The minimum atomic E-state index is -0.652. The van der Waals surface area contributed by atoms with Gasteiger partial charge in [-0.05, 0) is 5.56 Å². The fourth-order valence-electron chi connectivity index (χ4n) is 3.29. The van der Waals surface area contributed by atoms with Crippen LogP contribution in [0.15, 0.2) is 48.9 Å². The molecule has 0 spiro atoms. The molecule has 0 bridgehead atoms. The van der Waals surface area contributed by atoms with Crippen LogP contribution in [0.25, 0.3) is 0 Å². The Morgan fingerprint density at radius 2 is 2.00 bits per heavy atom. The predicted molar refractivity (Wildman–Crippen MR) is 115 cm³/mol. The normalized spacial score (nSPS) is 15.3. The molecule has 3 aromatic rings. The van der Waals surface area contributed by atoms with E-state index in [-0.39, 0.29) is 30.8 Å². The molecule has 1 unspecified atom stereocenters. The molecule has 10 nitrogen and oxygen atoms in total. The van der Waals surface area contributed by atoms with Crippen LogP contribution in [0.2, 0.25) is 0 Å². The summed E-state index contributed by atoms with van der Waals surface area (Å²) in [4.78, 5) is 22.6. The molecule has 11 heteroatoms. The molecule has 1 aromatic carbocycles. The molecule has 0 radical (unpaired) electrons. The molecule has 32 heavy (non-hydrogen) atoms. The zero-order valence-corrected chi connectivity index (χ0v) is 17.3. The van der Waals surface area contributed by atoms with Gasteiger partial charge in [0, 0.05) is 13.1 Å². The fourth-order valence-corrected chi connectivity index (χ4v) is 3.29. The van der Waals surface area contributed by atoms with Gasteiger partial charge in [-0.25, -0.2) is 14.1 Å². The van der Waals surface area contributed by atoms with Crippen molar-refractivity contribution in [3.63, 3.8) is 0 Å². The molecular weight excluding hydrogens is 417 g/mol. The average molecular weight is 441 g/mol. The van der Waals surface area contributed by atoms with Crippen molar-refractivity contribution in [1.82, 2.24) is 24.6 Å². The maximum absolute atomic E-state index is 14.3. The first-order valence-electron chi connectivity index (χ1n) is 10.2. The molecule has 0 aliphatic carbocycles. The van der Waals surface area contributed by atoms with Crippen LogP contribution in [-0.2, 0) is 4.74 Å². The van der Waals surface area contributed by atoms with Gasteiger partial charge in [-0.3, -0.25) is 9.69 Å². The third kappa shape index (κ3) is 5.44. The second kappa shape index (κ2) is 10.3. The highest BCUT2D eigenvalue weighted by molar-refractivity contribution is 5.80. The van der Waals surface area contributed by atoms with Gasteiger partial charge in [-0.2, -0.15) is 10.1 Å². The molecule has 2 aromatic heterocycles. The fraction of sp³-hybridized carbons (Fsp3) is 0.333. The van der Waals surface area contributed by atoms with Crippen LogP contribution in [0.1, 0.15) is 16.4 Å². The molecule has 3 N–H and O–H groups in total. The van der Waals surface area contributed by atoms with Crippen LogP contribution in [0.5, 0.6) is 0 Å². The van der Waals surface area contributed by atoms with E-state index in [1.54, 1.807) is 0 Å². The number of carbonyl (C=O) groups is 1. The Kier molecular flexibility index (Phi) is 7.00. The Labute approximate surface area is 184 Å². The number of benzene rings is 1. The zero-order chi connectivity index (χ0) is 22.3. The Hall–Kier alpha value is -3.41. The number of morpholine rings is 1. The maximum Gasteiger partial charge on any atom is 0.261 e. The smallest absolute Gasteiger partial charge is 0.261 e. The summed E-state index contributed by atoms with van der Waals surface area (Å²) >= 11 is 0. The van der Waals surface area contributed by atoms with Crippen LogP contribution in [0, 0.1) is 5.82 Å². The number of nitrogens with zero attached hydrogens (tertiary/aromatic N) is 5. The highest BCUT2D eigenvalue weighted by Crippen LogP contribution is 2.22. The van der Waals surface area contributed by atoms with E-state index < -0.39 is 11.9 Å². The lowest BCUT2D eigenvalue weighted by molar-refractivity contribution is 0.0344. The molecule has 4 rings (SSSR count). The van der Waals surface area contributed by atoms with Crippen molar-refractivity contribution in [1.29, 1.82) is 0 Å². The van der Waals surface area contributed by atoms with Gasteiger partial charge in [-0.1, -0.05) is 30.3 Å². The van der Waals surface area contributed by atoms with E-state index in [0.717, 1.165) is 11.8 Å². The van der Waals surface area contributed by atoms with Crippen molar-refractivity contribution in [2.45, 2.75) is 6.04 Å². The number of hydrogen-bond acceptors (Lipinski definition) is 9.